The van der Waals surface area contributed by atoms with Gasteiger partial charge in [0.1, 0.15) is 18.8 Å². The minimum atomic E-state index is -1.44. The number of hydrogen-bond donors (Lipinski definition) is 2. The minimum Gasteiger partial charge on any atom is -0.342 e. The molecule has 0 radical (unpaired) electrons. The molecule has 2 amide bonds. The molecule has 9 nitrogen and oxygen atoms in total. The maximum absolute atomic E-state index is 14.8. The summed E-state index contributed by atoms with van der Waals surface area (Å²) in [6, 6.07) is 10.1. The highest BCUT2D eigenvalue weighted by atomic mass is 19.1. The lowest BCUT2D eigenvalue weighted by atomic mass is 9.99. The van der Waals surface area contributed by atoms with Crippen LogP contribution in [0.5, 0.6) is 0 Å². The zero-order valence-corrected chi connectivity index (χ0v) is 21.3. The highest BCUT2D eigenvalue weighted by molar-refractivity contribution is 5.88. The van der Waals surface area contributed by atoms with Gasteiger partial charge in [-0.05, 0) is 24.5 Å². The minimum absolute atomic E-state index is 0.0837. The molecule has 200 valence electrons. The first-order chi connectivity index (χ1) is 18.0. The number of carbonyl (C=O) groups is 2. The average Bonchev–Trinajstić information content (AvgIpc) is 3.28. The summed E-state index contributed by atoms with van der Waals surface area (Å²) in [5.74, 6) is -2.01. The third-order valence-electron chi connectivity index (χ3n) is 6.60. The number of rotatable bonds is 7. The van der Waals surface area contributed by atoms with E-state index < -0.39 is 53.8 Å². The summed E-state index contributed by atoms with van der Waals surface area (Å²) in [6.07, 6.45) is -0.434. The number of hydrogen-bond acceptors (Lipinski definition) is 5. The zero-order valence-electron chi connectivity index (χ0n) is 21.3. The van der Waals surface area contributed by atoms with Crippen molar-refractivity contribution in [2.75, 3.05) is 6.54 Å². The Morgan fingerprint density at radius 3 is 2.53 bits per heavy atom. The molecule has 3 heterocycles. The Bertz CT molecular complexity index is 1450. The fourth-order valence-corrected chi connectivity index (χ4v) is 4.54. The molecule has 1 aromatic carbocycles. The number of likely N-dealkylation sites (tertiary alicyclic amines) is 1. The topological polar surface area (TPSA) is 117 Å². The van der Waals surface area contributed by atoms with Crippen LogP contribution in [0.1, 0.15) is 54.6 Å². The van der Waals surface area contributed by atoms with Crippen LogP contribution in [0.25, 0.3) is 0 Å². The van der Waals surface area contributed by atoms with E-state index in [1.807, 2.05) is 13.8 Å². The fourth-order valence-electron chi connectivity index (χ4n) is 4.54. The van der Waals surface area contributed by atoms with Gasteiger partial charge in [-0.2, -0.15) is 4.39 Å². The number of benzene rings is 1. The molecule has 3 atom stereocenters. The number of H-pyrrole nitrogens is 1. The van der Waals surface area contributed by atoms with Gasteiger partial charge in [0.15, 0.2) is 0 Å². The lowest BCUT2D eigenvalue weighted by molar-refractivity contribution is -0.139. The second-order valence-electron chi connectivity index (χ2n) is 9.72. The quantitative estimate of drug-likeness (QED) is 0.460. The molecule has 3 aromatic rings. The second kappa shape index (κ2) is 11.1. The van der Waals surface area contributed by atoms with Gasteiger partial charge in [-0.15, -0.1) is 0 Å². The van der Waals surface area contributed by atoms with Crippen LogP contribution in [0, 0.1) is 12.9 Å². The number of amides is 2. The van der Waals surface area contributed by atoms with E-state index in [9.17, 15) is 28.0 Å². The van der Waals surface area contributed by atoms with Crippen LogP contribution in [-0.4, -0.2) is 50.0 Å². The van der Waals surface area contributed by atoms with E-state index in [0.717, 1.165) is 9.47 Å². The van der Waals surface area contributed by atoms with Gasteiger partial charge in [0, 0.05) is 23.7 Å². The van der Waals surface area contributed by atoms with Crippen LogP contribution >= 0.6 is 0 Å². The molecule has 0 unspecified atom stereocenters. The van der Waals surface area contributed by atoms with Gasteiger partial charge in [-0.25, -0.2) is 14.2 Å². The maximum Gasteiger partial charge on any atom is 0.328 e. The van der Waals surface area contributed by atoms with Gasteiger partial charge < -0.3 is 10.2 Å². The third-order valence-corrected chi connectivity index (χ3v) is 6.60. The molecular formula is C27H29F2N5O4. The first-order valence-electron chi connectivity index (χ1n) is 12.3. The number of nitrogens with one attached hydrogen (secondary N) is 2. The summed E-state index contributed by atoms with van der Waals surface area (Å²) in [6.45, 7) is 4.38. The van der Waals surface area contributed by atoms with Crippen molar-refractivity contribution in [3.8, 4) is 0 Å². The lowest BCUT2D eigenvalue weighted by Gasteiger charge is -2.27. The standard InChI is InChI=1S/C27H29F2N5O4/c1-15(2)19-9-10-20(30-24(19)29)23(17-7-5-4-6-8-17)31-26(37)21-11-18(28)13-34(21)22(35)14-33-12-16(3)25(36)32-27(33)38/h4-10,12,15,18,21,23H,11,13-14H2,1-3H3,(H,31,37)(H,32,36,38)/t18-,21+,23-/m1/s1. The van der Waals surface area contributed by atoms with Crippen LogP contribution in [0.4, 0.5) is 8.78 Å². The highest BCUT2D eigenvalue weighted by Crippen LogP contribution is 2.26. The molecule has 1 saturated heterocycles. The van der Waals surface area contributed by atoms with E-state index in [1.165, 1.54) is 13.1 Å². The molecule has 0 spiro atoms. The summed E-state index contributed by atoms with van der Waals surface area (Å²) in [7, 11) is 0. The summed E-state index contributed by atoms with van der Waals surface area (Å²) in [5, 5.41) is 2.82. The van der Waals surface area contributed by atoms with E-state index in [0.29, 0.717) is 11.1 Å². The van der Waals surface area contributed by atoms with E-state index >= 15 is 0 Å². The summed E-state index contributed by atoms with van der Waals surface area (Å²) >= 11 is 0. The smallest absolute Gasteiger partial charge is 0.328 e. The largest absolute Gasteiger partial charge is 0.342 e. The van der Waals surface area contributed by atoms with Gasteiger partial charge >= 0.3 is 5.69 Å². The Kier molecular flexibility index (Phi) is 7.84. The van der Waals surface area contributed by atoms with Gasteiger partial charge in [-0.3, -0.25) is 23.9 Å². The van der Waals surface area contributed by atoms with Crippen LogP contribution < -0.4 is 16.6 Å². The normalized spacial score (nSPS) is 18.0. The third kappa shape index (κ3) is 5.71. The van der Waals surface area contributed by atoms with Crippen molar-refractivity contribution in [3.63, 3.8) is 0 Å². The van der Waals surface area contributed by atoms with Crippen LogP contribution in [0.15, 0.2) is 58.3 Å². The number of aryl methyl sites for hydroxylation is 1. The predicted molar refractivity (Wildman–Crippen MR) is 136 cm³/mol. The number of aromatic amines is 1. The van der Waals surface area contributed by atoms with E-state index in [-0.39, 0.29) is 30.1 Å². The number of aromatic nitrogens is 3. The Hall–Kier alpha value is -4.15. The lowest BCUT2D eigenvalue weighted by Crippen LogP contribution is -2.48. The summed E-state index contributed by atoms with van der Waals surface area (Å²) in [4.78, 5) is 57.5. The zero-order chi connectivity index (χ0) is 27.6. The molecule has 1 aliphatic heterocycles. The number of nitrogens with zero attached hydrogens (tertiary/aromatic N) is 3. The first-order valence-corrected chi connectivity index (χ1v) is 12.3. The summed E-state index contributed by atoms with van der Waals surface area (Å²) < 4.78 is 30.2. The van der Waals surface area contributed by atoms with Crippen molar-refractivity contribution in [1.82, 2.24) is 24.8 Å². The fraction of sp³-hybridized carbons (Fsp3) is 0.370. The molecule has 11 heteroatoms. The van der Waals surface area contributed by atoms with Gasteiger partial charge in [0.25, 0.3) is 5.56 Å². The molecule has 2 aromatic heterocycles. The molecule has 0 bridgehead atoms. The Morgan fingerprint density at radius 2 is 1.87 bits per heavy atom. The van der Waals surface area contributed by atoms with Crippen molar-refractivity contribution < 1.29 is 18.4 Å². The van der Waals surface area contributed by atoms with Gasteiger partial charge in [-0.1, -0.05) is 50.2 Å². The molecular weight excluding hydrogens is 496 g/mol. The second-order valence-corrected chi connectivity index (χ2v) is 9.72. The number of alkyl halides is 1. The van der Waals surface area contributed by atoms with Crippen molar-refractivity contribution in [2.24, 2.45) is 0 Å². The van der Waals surface area contributed by atoms with Gasteiger partial charge in [0.2, 0.25) is 17.8 Å². The van der Waals surface area contributed by atoms with Crippen molar-refractivity contribution in [2.45, 2.75) is 57.9 Å². The van der Waals surface area contributed by atoms with Crippen LogP contribution in [-0.2, 0) is 16.1 Å². The number of pyridine rings is 1. The van der Waals surface area contributed by atoms with E-state index in [1.54, 1.807) is 42.5 Å². The molecule has 0 saturated carbocycles. The highest BCUT2D eigenvalue weighted by Gasteiger charge is 2.40. The first kappa shape index (κ1) is 26.9. The Balaban J connectivity index is 1.60. The molecule has 0 aliphatic carbocycles. The predicted octanol–water partition coefficient (Wildman–Crippen LogP) is 2.35. The van der Waals surface area contributed by atoms with Gasteiger partial charge in [0.05, 0.1) is 18.3 Å². The number of halogens is 2. The molecule has 38 heavy (non-hydrogen) atoms. The van der Waals surface area contributed by atoms with E-state index in [2.05, 4.69) is 15.3 Å². The molecule has 4 rings (SSSR count). The average molecular weight is 526 g/mol. The SMILES string of the molecule is Cc1cn(CC(=O)N2C[C@H](F)C[C@H]2C(=O)N[C@H](c2ccccc2)c2ccc(C(C)C)c(F)n2)c(=O)[nH]c1=O. The maximum atomic E-state index is 14.8. The molecule has 1 fully saturated rings. The molecule has 1 aliphatic rings. The summed E-state index contributed by atoms with van der Waals surface area (Å²) in [5.41, 5.74) is 0.202. The number of carbonyl (C=O) groups excluding carboxylic acids is 2. The Morgan fingerprint density at radius 1 is 1.16 bits per heavy atom. The monoisotopic (exact) mass is 525 g/mol. The van der Waals surface area contributed by atoms with Crippen molar-refractivity contribution in [3.05, 3.63) is 97.8 Å². The molecule has 2 N–H and O–H groups in total. The van der Waals surface area contributed by atoms with Crippen LogP contribution in [0.3, 0.4) is 0 Å². The van der Waals surface area contributed by atoms with Crippen molar-refractivity contribution >= 4 is 11.8 Å². The van der Waals surface area contributed by atoms with Crippen LogP contribution in [0.2, 0.25) is 0 Å². The van der Waals surface area contributed by atoms with Crippen molar-refractivity contribution in [1.29, 1.82) is 0 Å². The van der Waals surface area contributed by atoms with E-state index in [4.69, 9.17) is 0 Å². The Labute approximate surface area is 217 Å².